The largest absolute Gasteiger partial charge is 0.496 e. The third-order valence-electron chi connectivity index (χ3n) is 4.60. The van der Waals surface area contributed by atoms with Gasteiger partial charge in [0.05, 0.1) is 17.7 Å². The van der Waals surface area contributed by atoms with Crippen LogP contribution in [-0.4, -0.2) is 36.4 Å². The number of nitrogens with one attached hydrogen (secondary N) is 1. The Morgan fingerprint density at radius 3 is 2.36 bits per heavy atom. The molecule has 2 aromatic rings. The van der Waals surface area contributed by atoms with E-state index < -0.39 is 4.92 Å². The molecule has 0 fully saturated rings. The van der Waals surface area contributed by atoms with Crippen molar-refractivity contribution in [2.45, 2.75) is 33.7 Å². The lowest BCUT2D eigenvalue weighted by molar-refractivity contribution is -0.384. The molecule has 0 spiro atoms. The first-order valence-electron chi connectivity index (χ1n) is 9.08. The van der Waals surface area contributed by atoms with Gasteiger partial charge in [0.25, 0.3) is 5.69 Å². The van der Waals surface area contributed by atoms with Gasteiger partial charge in [0, 0.05) is 31.6 Å². The van der Waals surface area contributed by atoms with Crippen LogP contribution in [-0.2, 0) is 11.3 Å². The van der Waals surface area contributed by atoms with Crippen molar-refractivity contribution in [3.63, 3.8) is 0 Å². The van der Waals surface area contributed by atoms with Gasteiger partial charge in [0.2, 0.25) is 5.91 Å². The quantitative estimate of drug-likeness (QED) is 0.549. The number of amides is 1. The molecule has 0 atom stereocenters. The fourth-order valence-electron chi connectivity index (χ4n) is 3.21. The molecule has 2 rings (SSSR count). The molecule has 0 aliphatic heterocycles. The fraction of sp³-hybridized carbons (Fsp3) is 0.381. The van der Waals surface area contributed by atoms with E-state index in [9.17, 15) is 14.9 Å². The Kier molecular flexibility index (Phi) is 7.12. The molecular formula is C21H27N3O4. The maximum Gasteiger partial charge on any atom is 0.271 e. The number of rotatable bonds is 8. The highest BCUT2D eigenvalue weighted by molar-refractivity contribution is 5.92. The van der Waals surface area contributed by atoms with Crippen LogP contribution < -0.4 is 10.1 Å². The van der Waals surface area contributed by atoms with Crippen LogP contribution in [0.4, 0.5) is 11.4 Å². The number of hydrogen-bond acceptors (Lipinski definition) is 5. The number of nitro benzene ring substituents is 1. The summed E-state index contributed by atoms with van der Waals surface area (Å²) in [5.74, 6) is 0.732. The maximum absolute atomic E-state index is 12.3. The van der Waals surface area contributed by atoms with Crippen LogP contribution >= 0.6 is 0 Å². The van der Waals surface area contributed by atoms with Crippen LogP contribution in [0.25, 0.3) is 0 Å². The summed E-state index contributed by atoms with van der Waals surface area (Å²) in [4.78, 5) is 24.8. The minimum Gasteiger partial charge on any atom is -0.496 e. The average molecular weight is 385 g/mol. The fourth-order valence-corrected chi connectivity index (χ4v) is 3.21. The highest BCUT2D eigenvalue weighted by Crippen LogP contribution is 2.25. The molecule has 1 amide bonds. The molecule has 0 aliphatic rings. The van der Waals surface area contributed by atoms with Gasteiger partial charge in [0.15, 0.2) is 0 Å². The number of non-ortho nitro benzene ring substituents is 1. The molecule has 0 aromatic heterocycles. The van der Waals surface area contributed by atoms with Crippen LogP contribution in [0.3, 0.4) is 0 Å². The highest BCUT2D eigenvalue weighted by atomic mass is 16.6. The Balaban J connectivity index is 1.92. The van der Waals surface area contributed by atoms with Crippen LogP contribution in [0.2, 0.25) is 0 Å². The Morgan fingerprint density at radius 1 is 1.14 bits per heavy atom. The average Bonchev–Trinajstić information content (AvgIpc) is 2.61. The van der Waals surface area contributed by atoms with Crippen molar-refractivity contribution >= 4 is 17.3 Å². The van der Waals surface area contributed by atoms with E-state index >= 15 is 0 Å². The van der Waals surface area contributed by atoms with E-state index in [1.807, 2.05) is 20.9 Å². The van der Waals surface area contributed by atoms with Gasteiger partial charge in [-0.2, -0.15) is 0 Å². The summed E-state index contributed by atoms with van der Waals surface area (Å²) in [6.07, 6.45) is 0.298. The summed E-state index contributed by atoms with van der Waals surface area (Å²) in [6, 6.07) is 8.63. The molecule has 7 nitrogen and oxygen atoms in total. The molecular weight excluding hydrogens is 358 g/mol. The van der Waals surface area contributed by atoms with Gasteiger partial charge < -0.3 is 15.0 Å². The molecule has 150 valence electrons. The third-order valence-corrected chi connectivity index (χ3v) is 4.60. The number of nitro groups is 1. The van der Waals surface area contributed by atoms with Crippen molar-refractivity contribution in [1.29, 1.82) is 0 Å². The molecule has 28 heavy (non-hydrogen) atoms. The van der Waals surface area contributed by atoms with Gasteiger partial charge in [-0.25, -0.2) is 0 Å². The second kappa shape index (κ2) is 9.32. The molecule has 0 unspecified atom stereocenters. The molecule has 7 heteroatoms. The van der Waals surface area contributed by atoms with E-state index in [-0.39, 0.29) is 11.6 Å². The topological polar surface area (TPSA) is 84.7 Å². The van der Waals surface area contributed by atoms with E-state index in [1.54, 1.807) is 20.1 Å². The second-order valence-electron chi connectivity index (χ2n) is 7.06. The summed E-state index contributed by atoms with van der Waals surface area (Å²) < 4.78 is 5.40. The summed E-state index contributed by atoms with van der Waals surface area (Å²) >= 11 is 0. The van der Waals surface area contributed by atoms with E-state index in [0.717, 1.165) is 34.5 Å². The first kappa shape index (κ1) is 21.4. The molecule has 0 saturated heterocycles. The number of nitrogens with zero attached hydrogens (tertiary/aromatic N) is 2. The van der Waals surface area contributed by atoms with Gasteiger partial charge in [-0.05, 0) is 50.1 Å². The van der Waals surface area contributed by atoms with E-state index in [1.165, 1.54) is 12.1 Å². The number of carbonyl (C=O) groups is 1. The number of aryl methyl sites for hydroxylation is 3. The summed E-state index contributed by atoms with van der Waals surface area (Å²) in [6.45, 7) is 7.13. The van der Waals surface area contributed by atoms with Crippen molar-refractivity contribution in [3.8, 4) is 5.75 Å². The van der Waals surface area contributed by atoms with Crippen molar-refractivity contribution in [1.82, 2.24) is 4.90 Å². The van der Waals surface area contributed by atoms with Gasteiger partial charge in [-0.1, -0.05) is 18.2 Å². The van der Waals surface area contributed by atoms with Gasteiger partial charge >= 0.3 is 0 Å². The Labute approximate surface area is 165 Å². The highest BCUT2D eigenvalue weighted by Gasteiger charge is 2.12. The van der Waals surface area contributed by atoms with Crippen molar-refractivity contribution in [3.05, 3.63) is 62.7 Å². The molecule has 0 radical (unpaired) electrons. The van der Waals surface area contributed by atoms with Gasteiger partial charge in [-0.15, -0.1) is 0 Å². The smallest absolute Gasteiger partial charge is 0.271 e. The number of hydrogen-bond donors (Lipinski definition) is 1. The van der Waals surface area contributed by atoms with Crippen molar-refractivity contribution < 1.29 is 14.5 Å². The molecule has 0 bridgehead atoms. The van der Waals surface area contributed by atoms with Crippen LogP contribution in [0, 0.1) is 30.9 Å². The predicted molar refractivity (Wildman–Crippen MR) is 110 cm³/mol. The molecule has 2 aromatic carbocycles. The number of anilines is 1. The molecule has 0 saturated carbocycles. The van der Waals surface area contributed by atoms with E-state index in [2.05, 4.69) is 22.3 Å². The summed E-state index contributed by atoms with van der Waals surface area (Å²) in [5, 5.41) is 13.7. The third kappa shape index (κ3) is 5.53. The maximum atomic E-state index is 12.3. The summed E-state index contributed by atoms with van der Waals surface area (Å²) in [7, 11) is 3.63. The lowest BCUT2D eigenvalue weighted by Crippen LogP contribution is -2.24. The standard InChI is InChI=1S/C21H27N3O4/c1-14-6-7-18(24(26)27)12-19(14)22-20(25)8-9-23(4)13-17-10-15(2)21(28-5)16(3)11-17/h6-7,10-12H,8-9,13H2,1-5H3,(H,22,25). The minimum atomic E-state index is -0.471. The minimum absolute atomic E-state index is 0.0386. The molecule has 0 heterocycles. The van der Waals surface area contributed by atoms with E-state index in [4.69, 9.17) is 4.74 Å². The van der Waals surface area contributed by atoms with Gasteiger partial charge in [-0.3, -0.25) is 14.9 Å². The van der Waals surface area contributed by atoms with Crippen LogP contribution in [0.5, 0.6) is 5.75 Å². The zero-order valence-electron chi connectivity index (χ0n) is 17.0. The molecule has 0 aliphatic carbocycles. The van der Waals surface area contributed by atoms with Crippen LogP contribution in [0.15, 0.2) is 30.3 Å². The number of benzene rings is 2. The first-order valence-corrected chi connectivity index (χ1v) is 9.08. The van der Waals surface area contributed by atoms with Crippen molar-refractivity contribution in [2.75, 3.05) is 26.0 Å². The predicted octanol–water partition coefficient (Wildman–Crippen LogP) is 3.99. The lowest BCUT2D eigenvalue weighted by atomic mass is 10.1. The monoisotopic (exact) mass is 385 g/mol. The second-order valence-corrected chi connectivity index (χ2v) is 7.06. The zero-order chi connectivity index (χ0) is 20.8. The zero-order valence-corrected chi connectivity index (χ0v) is 17.0. The number of ether oxygens (including phenoxy) is 1. The SMILES string of the molecule is COc1c(C)cc(CN(C)CCC(=O)Nc2cc([N+](=O)[O-])ccc2C)cc1C. The van der Waals surface area contributed by atoms with Gasteiger partial charge in [0.1, 0.15) is 5.75 Å². The van der Waals surface area contributed by atoms with E-state index in [0.29, 0.717) is 18.7 Å². The number of methoxy groups -OCH3 is 1. The Bertz CT molecular complexity index is 857. The molecule has 1 N–H and O–H groups in total. The Hall–Kier alpha value is -2.93. The number of carbonyl (C=O) groups excluding carboxylic acids is 1. The normalized spacial score (nSPS) is 10.8. The summed E-state index contributed by atoms with van der Waals surface area (Å²) in [5.41, 5.74) is 4.56. The Morgan fingerprint density at radius 2 is 1.79 bits per heavy atom. The first-order chi connectivity index (χ1) is 13.2. The lowest BCUT2D eigenvalue weighted by Gasteiger charge is -2.18. The van der Waals surface area contributed by atoms with Crippen LogP contribution in [0.1, 0.15) is 28.7 Å². The van der Waals surface area contributed by atoms with Crippen molar-refractivity contribution in [2.24, 2.45) is 0 Å².